The van der Waals surface area contributed by atoms with Crippen molar-refractivity contribution in [1.29, 1.82) is 0 Å². The maximum absolute atomic E-state index is 12.0. The second-order valence-corrected chi connectivity index (χ2v) is 19.5. The molecule has 0 atom stereocenters. The molecule has 0 saturated heterocycles. The van der Waals surface area contributed by atoms with Gasteiger partial charge in [0.1, 0.15) is 23.0 Å². The molecule has 3 aromatic heterocycles. The Balaban J connectivity index is 0.00000642. The molecule has 0 spiro atoms. The first kappa shape index (κ1) is 49.2. The van der Waals surface area contributed by atoms with Crippen molar-refractivity contribution < 1.29 is 92.6 Å². The normalized spacial score (nSPS) is 12.6. The molecular weight excluding hydrogens is 1030 g/mol. The summed E-state index contributed by atoms with van der Waals surface area (Å²) in [6.07, 6.45) is 6.65. The van der Waals surface area contributed by atoms with Crippen LogP contribution in [-0.4, -0.2) is 49.1 Å². The average molecular weight is 1060 g/mol. The van der Waals surface area contributed by atoms with Gasteiger partial charge in [0.05, 0.1) is 22.8 Å². The van der Waals surface area contributed by atoms with Gasteiger partial charge in [0.2, 0.25) is 0 Å². The molecule has 0 aliphatic carbocycles. The number of hydrogen-bond acceptors (Lipinski definition) is 10. The van der Waals surface area contributed by atoms with Gasteiger partial charge in [-0.3, -0.25) is 39.1 Å². The van der Waals surface area contributed by atoms with Crippen LogP contribution in [0.15, 0.2) is 121 Å². The predicted molar refractivity (Wildman–Crippen MR) is 249 cm³/mol. The molecule has 8 bridgehead atoms. The number of hydrogen-bond donors (Lipinski definition) is 8. The third-order valence-electron chi connectivity index (χ3n) is 10.00. The quantitative estimate of drug-likeness (QED) is 0.0420. The van der Waals surface area contributed by atoms with Crippen LogP contribution >= 0.6 is 31.3 Å². The van der Waals surface area contributed by atoms with Gasteiger partial charge in [-0.25, -0.2) is 28.2 Å². The van der Waals surface area contributed by atoms with Crippen molar-refractivity contribution in [2.45, 2.75) is 0 Å². The average Bonchev–Trinajstić information content (AvgIpc) is 4.07. The summed E-state index contributed by atoms with van der Waals surface area (Å²) in [7, 11) is -20.0. The molecule has 2 aliphatic rings. The van der Waals surface area contributed by atoms with Crippen LogP contribution in [0.4, 0.5) is 0 Å². The monoisotopic (exact) mass is 1060 g/mol. The van der Waals surface area contributed by atoms with E-state index in [-0.39, 0.29) is 40.1 Å². The van der Waals surface area contributed by atoms with Crippen molar-refractivity contribution in [3.05, 3.63) is 144 Å². The molecule has 25 heteroatoms. The fourth-order valence-corrected chi connectivity index (χ4v) is 9.21. The summed E-state index contributed by atoms with van der Waals surface area (Å²) < 4.78 is 67.6. The summed E-state index contributed by atoms with van der Waals surface area (Å²) in [5.41, 5.74) is 5.14. The zero-order valence-electron chi connectivity index (χ0n) is 34.6. The second-order valence-electron chi connectivity index (χ2n) is 14.8. The van der Waals surface area contributed by atoms with Crippen LogP contribution in [0.2, 0.25) is 0 Å². The van der Waals surface area contributed by atoms with E-state index in [1.807, 2.05) is 0 Å². The van der Waals surface area contributed by atoms with E-state index >= 15 is 0 Å². The Labute approximate surface area is 400 Å². The number of aromatic nitrogens is 4. The van der Waals surface area contributed by atoms with Gasteiger partial charge in [-0.05, 0) is 117 Å². The molecule has 69 heavy (non-hydrogen) atoms. The molecule has 2 aliphatic heterocycles. The van der Waals surface area contributed by atoms with E-state index in [4.69, 9.17) is 38.0 Å². The van der Waals surface area contributed by atoms with Gasteiger partial charge in [-0.1, -0.05) is 72.8 Å². The Bertz CT molecular complexity index is 3170. The fraction of sp³-hybridized carbons (Fsp3) is 0. The van der Waals surface area contributed by atoms with Gasteiger partial charge in [0, 0.05) is 0 Å². The van der Waals surface area contributed by atoms with Crippen molar-refractivity contribution in [3.63, 3.8) is 0 Å². The number of phosphoric ester groups is 4. The van der Waals surface area contributed by atoms with Crippen LogP contribution < -0.4 is 28.1 Å². The first-order valence-corrected chi connectivity index (χ1v) is 25.7. The third-order valence-corrected chi connectivity index (χ3v) is 11.8. The van der Waals surface area contributed by atoms with E-state index < -0.39 is 31.3 Å². The van der Waals surface area contributed by atoms with Crippen molar-refractivity contribution in [3.8, 4) is 67.5 Å². The van der Waals surface area contributed by atoms with Gasteiger partial charge >= 0.3 is 48.4 Å². The molecule has 1 radical (unpaired) electrons. The first-order chi connectivity index (χ1) is 32.1. The Kier molecular flexibility index (Phi) is 13.5. The van der Waals surface area contributed by atoms with E-state index in [9.17, 15) is 57.4 Å². The number of benzene rings is 4. The predicted octanol–water partition coefficient (Wildman–Crippen LogP) is 8.47. The minimum Gasteiger partial charge on any atom is -0.657 e. The Morgan fingerprint density at radius 3 is 0.768 bits per heavy atom. The molecule has 5 heterocycles. The van der Waals surface area contributed by atoms with Crippen molar-refractivity contribution in [1.82, 2.24) is 19.9 Å². The molecule has 8 N–H and O–H groups in total. The number of nitrogens with zero attached hydrogens (tertiary/aromatic N) is 4. The van der Waals surface area contributed by atoms with Crippen LogP contribution in [0, 0.1) is 0 Å². The zero-order chi connectivity index (χ0) is 48.2. The molecule has 7 aromatic rings. The molecule has 20 nitrogen and oxygen atoms in total. The summed E-state index contributed by atoms with van der Waals surface area (Å²) in [5.74, 6) is -0.703. The molecule has 0 fully saturated rings. The van der Waals surface area contributed by atoms with E-state index in [2.05, 4.69) is 0 Å². The van der Waals surface area contributed by atoms with E-state index in [1.54, 1.807) is 72.8 Å². The van der Waals surface area contributed by atoms with E-state index in [1.165, 1.54) is 72.8 Å². The minimum absolute atomic E-state index is 0. The topological polar surface area (TPSA) is 321 Å². The molecule has 0 amide bonds. The smallest absolute Gasteiger partial charge is 0.657 e. The summed E-state index contributed by atoms with van der Waals surface area (Å²) in [5, 5.41) is 0. The summed E-state index contributed by atoms with van der Waals surface area (Å²) >= 11 is 0. The summed E-state index contributed by atoms with van der Waals surface area (Å²) in [6.45, 7) is 0. The van der Waals surface area contributed by atoms with Crippen LogP contribution in [0.25, 0.3) is 90.9 Å². The number of fused-ring (bicyclic) bond motifs is 8. The van der Waals surface area contributed by atoms with Gasteiger partial charge in [0.15, 0.2) is 0 Å². The SMILES string of the molecule is O=P(O)(O)Oc1cccc(-c2c3nc(c(-c4cccc(OP(=O)(O)O)c4)c4ccc([n-]4)c(-c4cccc(OP(=O)(O)O)c4)c4nc(c(-c5cccc(OP(=O)(O)O)c5)c5ccc2[n-]5)C=C4)C=C3)c1.[Cu+2]. The first-order valence-electron chi connectivity index (χ1n) is 19.6. The van der Waals surface area contributed by atoms with Gasteiger partial charge in [0.25, 0.3) is 0 Å². The number of rotatable bonds is 12. The van der Waals surface area contributed by atoms with Crippen LogP contribution in [0.3, 0.4) is 0 Å². The Morgan fingerprint density at radius 1 is 0.348 bits per heavy atom. The Hall–Kier alpha value is -6.20. The van der Waals surface area contributed by atoms with Gasteiger partial charge in [-0.2, -0.15) is 0 Å². The van der Waals surface area contributed by atoms with E-state index in [0.29, 0.717) is 89.4 Å². The molecular formula is C44H32CuN4O16P4. The Morgan fingerprint density at radius 2 is 0.565 bits per heavy atom. The summed E-state index contributed by atoms with van der Waals surface area (Å²) in [4.78, 5) is 97.6. The molecule has 355 valence electrons. The molecule has 9 rings (SSSR count). The fourth-order valence-electron chi connectivity index (χ4n) is 7.65. The molecule has 0 unspecified atom stereocenters. The van der Waals surface area contributed by atoms with Crippen LogP contribution in [0.1, 0.15) is 22.8 Å². The minimum atomic E-state index is -5.01. The summed E-state index contributed by atoms with van der Waals surface area (Å²) in [6, 6.07) is 30.3. The zero-order valence-corrected chi connectivity index (χ0v) is 39.1. The molecule has 4 aromatic carbocycles. The van der Waals surface area contributed by atoms with Crippen LogP contribution in [0.5, 0.6) is 23.0 Å². The third kappa shape index (κ3) is 11.6. The standard InChI is InChI=1S/C44H32N4O16P4.Cu/c49-65(50,51)61-29-9-1-5-25(21-29)41-33-13-15-35(45-33)42(26-6-2-10-30(22-26)62-66(52,53)54)37-17-19-39(47-37)44(28-8-4-12-32(24-28)64-68(58,59)60)40-20-18-38(48-40)43(36-16-14-34(41)46-36)27-7-3-11-31(23-27)63-67(55,56)57;/h1-24H,(H2,49,50,51)(H2,52,53,54)(H2,55,56,57)(H2,58,59,60);/q-2;+2. The number of phosphoric acid groups is 4. The van der Waals surface area contributed by atoms with E-state index in [0.717, 1.165) is 0 Å². The largest absolute Gasteiger partial charge is 2.00 e. The maximum atomic E-state index is 12.0. The van der Waals surface area contributed by atoms with Crippen molar-refractivity contribution >= 4 is 77.7 Å². The van der Waals surface area contributed by atoms with Gasteiger partial charge < -0.3 is 28.1 Å². The second kappa shape index (κ2) is 18.9. The molecule has 0 saturated carbocycles. The van der Waals surface area contributed by atoms with Crippen LogP contribution in [-0.2, 0) is 35.3 Å². The van der Waals surface area contributed by atoms with Gasteiger partial charge in [-0.15, -0.1) is 22.1 Å². The maximum Gasteiger partial charge on any atom is 2.00 e. The van der Waals surface area contributed by atoms with Crippen molar-refractivity contribution in [2.24, 2.45) is 0 Å². The van der Waals surface area contributed by atoms with Crippen molar-refractivity contribution in [2.75, 3.05) is 0 Å².